The average molecular weight is 98.1 g/mol. The Labute approximate surface area is 42.7 Å². The van der Waals surface area contributed by atoms with Crippen molar-refractivity contribution in [2.45, 2.75) is 0 Å². The number of halogens is 1. The van der Waals surface area contributed by atoms with Crippen LogP contribution < -0.4 is 0 Å². The molecule has 0 spiro atoms. The van der Waals surface area contributed by atoms with E-state index in [1.54, 1.807) is 0 Å². The fraction of sp³-hybridized carbons (Fsp3) is 0. The highest BCUT2D eigenvalue weighted by molar-refractivity contribution is 5.11. The van der Waals surface area contributed by atoms with Gasteiger partial charge in [0.05, 0.1) is 0 Å². The Kier molecular flexibility index (Phi) is 2.94. The maximum Gasteiger partial charge on any atom is 0.116 e. The zero-order valence-corrected chi connectivity index (χ0v) is 4.02. The fourth-order valence-electron chi connectivity index (χ4n) is 0.172. The molecular formula is C6H7F. The van der Waals surface area contributed by atoms with Crippen molar-refractivity contribution in [3.05, 3.63) is 37.2 Å². The lowest BCUT2D eigenvalue weighted by molar-refractivity contribution is 0.671. The van der Waals surface area contributed by atoms with Crippen molar-refractivity contribution in [3.8, 4) is 0 Å². The largest absolute Gasteiger partial charge is 0.208 e. The summed E-state index contributed by atoms with van der Waals surface area (Å²) < 4.78 is 11.6. The van der Waals surface area contributed by atoms with E-state index in [1.807, 2.05) is 0 Å². The van der Waals surface area contributed by atoms with Gasteiger partial charge in [-0.2, -0.15) is 0 Å². The number of rotatable bonds is 2. The molecule has 0 amide bonds. The van der Waals surface area contributed by atoms with Crippen LogP contribution in [0.5, 0.6) is 0 Å². The van der Waals surface area contributed by atoms with Crippen molar-refractivity contribution in [1.82, 2.24) is 0 Å². The third-order valence-corrected chi connectivity index (χ3v) is 0.413. The van der Waals surface area contributed by atoms with Gasteiger partial charge in [-0.15, -0.1) is 0 Å². The third kappa shape index (κ3) is 5.15. The molecule has 0 aliphatic carbocycles. The smallest absolute Gasteiger partial charge is 0.116 e. The van der Waals surface area contributed by atoms with Crippen LogP contribution in [0.4, 0.5) is 4.39 Å². The molecule has 0 unspecified atom stereocenters. The van der Waals surface area contributed by atoms with Crippen LogP contribution >= 0.6 is 0 Å². The van der Waals surface area contributed by atoms with Gasteiger partial charge >= 0.3 is 0 Å². The van der Waals surface area contributed by atoms with E-state index in [1.165, 1.54) is 18.2 Å². The minimum atomic E-state index is -0.445. The number of hydrogen-bond donors (Lipinski definition) is 0. The van der Waals surface area contributed by atoms with Crippen LogP contribution in [0.15, 0.2) is 37.2 Å². The van der Waals surface area contributed by atoms with Crippen molar-refractivity contribution in [2.75, 3.05) is 0 Å². The van der Waals surface area contributed by atoms with Gasteiger partial charge in [-0.1, -0.05) is 25.3 Å². The lowest BCUT2D eigenvalue weighted by Gasteiger charge is -1.72. The molecule has 0 aliphatic heterocycles. The summed E-state index contributed by atoms with van der Waals surface area (Å²) in [6, 6.07) is 0. The van der Waals surface area contributed by atoms with Crippen LogP contribution in [0.2, 0.25) is 0 Å². The van der Waals surface area contributed by atoms with Gasteiger partial charge in [-0.25, -0.2) is 4.39 Å². The van der Waals surface area contributed by atoms with Crippen LogP contribution in [0, 0.1) is 0 Å². The molecule has 0 radical (unpaired) electrons. The van der Waals surface area contributed by atoms with Gasteiger partial charge in [0.2, 0.25) is 0 Å². The molecule has 0 aromatic heterocycles. The van der Waals surface area contributed by atoms with Gasteiger partial charge in [0, 0.05) is 0 Å². The first-order valence-electron chi connectivity index (χ1n) is 1.91. The zero-order chi connectivity index (χ0) is 5.70. The van der Waals surface area contributed by atoms with Gasteiger partial charge in [0.15, 0.2) is 0 Å². The van der Waals surface area contributed by atoms with Gasteiger partial charge in [-0.3, -0.25) is 0 Å². The van der Waals surface area contributed by atoms with E-state index in [2.05, 4.69) is 13.2 Å². The molecule has 7 heavy (non-hydrogen) atoms. The predicted molar refractivity (Wildman–Crippen MR) is 29.6 cm³/mol. The molecule has 0 saturated carbocycles. The molecule has 0 aromatic rings. The van der Waals surface area contributed by atoms with E-state index in [9.17, 15) is 4.39 Å². The van der Waals surface area contributed by atoms with E-state index < -0.39 is 5.83 Å². The first kappa shape index (κ1) is 6.15. The second kappa shape index (κ2) is 3.34. The predicted octanol–water partition coefficient (Wildman–Crippen LogP) is 2.21. The summed E-state index contributed by atoms with van der Waals surface area (Å²) in [5, 5.41) is 0. The zero-order valence-electron chi connectivity index (χ0n) is 4.02. The second-order valence-corrected chi connectivity index (χ2v) is 1.04. The van der Waals surface area contributed by atoms with E-state index in [-0.39, 0.29) is 0 Å². The van der Waals surface area contributed by atoms with E-state index >= 15 is 0 Å². The topological polar surface area (TPSA) is 0 Å². The van der Waals surface area contributed by atoms with E-state index in [0.717, 1.165) is 0 Å². The Balaban J connectivity index is 3.46. The van der Waals surface area contributed by atoms with Crippen LogP contribution in [-0.2, 0) is 0 Å². The third-order valence-electron chi connectivity index (χ3n) is 0.413. The maximum absolute atomic E-state index is 11.6. The minimum absolute atomic E-state index is 0.445. The highest BCUT2D eigenvalue weighted by atomic mass is 19.1. The Morgan fingerprint density at radius 2 is 2.14 bits per heavy atom. The summed E-state index contributed by atoms with van der Waals surface area (Å²) in [5.74, 6) is -0.445. The summed E-state index contributed by atoms with van der Waals surface area (Å²) in [6.07, 6.45) is 4.22. The van der Waals surface area contributed by atoms with E-state index in [4.69, 9.17) is 0 Å². The molecule has 0 saturated heterocycles. The highest BCUT2D eigenvalue weighted by Crippen LogP contribution is 1.90. The molecule has 0 heterocycles. The molecule has 0 rings (SSSR count). The summed E-state index contributed by atoms with van der Waals surface area (Å²) in [6.45, 7) is 6.33. The summed E-state index contributed by atoms with van der Waals surface area (Å²) >= 11 is 0. The molecule has 0 fully saturated rings. The Morgan fingerprint density at radius 3 is 2.29 bits per heavy atom. The lowest BCUT2D eigenvalue weighted by atomic mass is 10.5. The summed E-state index contributed by atoms with van der Waals surface area (Å²) in [7, 11) is 0. The van der Waals surface area contributed by atoms with Gasteiger partial charge in [0.1, 0.15) is 5.83 Å². The molecular weight excluding hydrogens is 91.1 g/mol. The number of hydrogen-bond acceptors (Lipinski definition) is 0. The summed E-state index contributed by atoms with van der Waals surface area (Å²) in [4.78, 5) is 0. The monoisotopic (exact) mass is 98.1 g/mol. The SMILES string of the molecule is C=C/C=C\C(=C)F. The van der Waals surface area contributed by atoms with E-state index in [0.29, 0.717) is 0 Å². The Morgan fingerprint density at radius 1 is 1.57 bits per heavy atom. The minimum Gasteiger partial charge on any atom is -0.208 e. The lowest BCUT2D eigenvalue weighted by Crippen LogP contribution is -1.52. The van der Waals surface area contributed by atoms with Gasteiger partial charge in [-0.05, 0) is 6.08 Å². The fourth-order valence-corrected chi connectivity index (χ4v) is 0.172. The average Bonchev–Trinajstić information content (AvgIpc) is 1.61. The van der Waals surface area contributed by atoms with Crippen LogP contribution in [-0.4, -0.2) is 0 Å². The normalized spacial score (nSPS) is 9.29. The first-order chi connectivity index (χ1) is 3.27. The molecule has 0 N–H and O–H groups in total. The van der Waals surface area contributed by atoms with Crippen molar-refractivity contribution >= 4 is 0 Å². The number of allylic oxidation sites excluding steroid dienone is 4. The van der Waals surface area contributed by atoms with Crippen molar-refractivity contribution in [1.29, 1.82) is 0 Å². The highest BCUT2D eigenvalue weighted by Gasteiger charge is 1.71. The molecule has 0 aromatic carbocycles. The summed E-state index contributed by atoms with van der Waals surface area (Å²) in [5.41, 5.74) is 0. The molecule has 0 atom stereocenters. The maximum atomic E-state index is 11.6. The van der Waals surface area contributed by atoms with Gasteiger partial charge in [0.25, 0.3) is 0 Å². The molecule has 0 aliphatic rings. The molecule has 0 bridgehead atoms. The quantitative estimate of drug-likeness (QED) is 0.464. The molecule has 38 valence electrons. The molecule has 1 heteroatoms. The van der Waals surface area contributed by atoms with Crippen molar-refractivity contribution in [3.63, 3.8) is 0 Å². The van der Waals surface area contributed by atoms with Crippen LogP contribution in [0.1, 0.15) is 0 Å². The second-order valence-electron chi connectivity index (χ2n) is 1.04. The van der Waals surface area contributed by atoms with Crippen molar-refractivity contribution < 1.29 is 4.39 Å². The van der Waals surface area contributed by atoms with Crippen LogP contribution in [0.3, 0.4) is 0 Å². The Bertz CT molecular complexity index is 101. The standard InChI is InChI=1S/C6H7F/c1-3-4-5-6(2)7/h3-5H,1-2H2/b5-4-. The van der Waals surface area contributed by atoms with Gasteiger partial charge < -0.3 is 0 Å². The first-order valence-corrected chi connectivity index (χ1v) is 1.91. The molecule has 0 nitrogen and oxygen atoms in total. The van der Waals surface area contributed by atoms with Crippen LogP contribution in [0.25, 0.3) is 0 Å². The Hall–Kier alpha value is -0.850. The van der Waals surface area contributed by atoms with Crippen molar-refractivity contribution in [2.24, 2.45) is 0 Å².